The number of nitrogens with zero attached hydrogens (tertiary/aromatic N) is 3. The van der Waals surface area contributed by atoms with E-state index >= 15 is 0 Å². The van der Waals surface area contributed by atoms with Crippen LogP contribution in [0.4, 0.5) is 0 Å². The summed E-state index contributed by atoms with van der Waals surface area (Å²) in [6, 6.07) is 0.973. The minimum atomic E-state index is 0. The van der Waals surface area contributed by atoms with Crippen molar-refractivity contribution in [3.05, 3.63) is 0 Å². The Bertz CT molecular complexity index is 276. The van der Waals surface area contributed by atoms with Gasteiger partial charge in [0.1, 0.15) is 0 Å². The van der Waals surface area contributed by atoms with E-state index in [0.29, 0.717) is 18.0 Å². The Morgan fingerprint density at radius 3 is 2.56 bits per heavy atom. The molecule has 2 unspecified atom stereocenters. The number of nitrogens with two attached hydrogens (primary N) is 1. The van der Waals surface area contributed by atoms with Crippen LogP contribution in [0.1, 0.15) is 20.3 Å². The van der Waals surface area contributed by atoms with Gasteiger partial charge in [0.2, 0.25) is 0 Å². The number of fused-ring (bicyclic) bond motifs is 3. The van der Waals surface area contributed by atoms with Crippen LogP contribution in [0.3, 0.4) is 0 Å². The first-order chi connectivity index (χ1) is 8.19. The highest BCUT2D eigenvalue weighted by molar-refractivity contribution is 14.0. The molecule has 3 saturated heterocycles. The molecule has 3 fully saturated rings. The van der Waals surface area contributed by atoms with Crippen molar-refractivity contribution in [3.63, 3.8) is 0 Å². The highest BCUT2D eigenvalue weighted by Crippen LogP contribution is 2.15. The van der Waals surface area contributed by atoms with Gasteiger partial charge in [0.05, 0.1) is 6.54 Å². The van der Waals surface area contributed by atoms with Gasteiger partial charge in [0.15, 0.2) is 5.96 Å². The highest BCUT2D eigenvalue weighted by atomic mass is 127. The second-order valence-corrected chi connectivity index (χ2v) is 5.17. The van der Waals surface area contributed by atoms with Crippen molar-refractivity contribution in [2.24, 2.45) is 10.7 Å². The van der Waals surface area contributed by atoms with Gasteiger partial charge in [-0.05, 0) is 13.3 Å². The standard InChI is InChI=1S/C12H25N5.HI/c1-3-10(2)15-12(13)14-8-11-9-16-4-6-17(11)7-5-16;/h10-11H,3-9H2,1-2H3,(H3,13,14,15);1H. The zero-order valence-electron chi connectivity index (χ0n) is 11.4. The second kappa shape index (κ2) is 7.49. The van der Waals surface area contributed by atoms with Gasteiger partial charge < -0.3 is 11.1 Å². The largest absolute Gasteiger partial charge is 0.370 e. The zero-order valence-corrected chi connectivity index (χ0v) is 13.8. The number of rotatable bonds is 4. The minimum Gasteiger partial charge on any atom is -0.370 e. The number of guanidine groups is 1. The number of hydrogen-bond acceptors (Lipinski definition) is 3. The molecule has 2 bridgehead atoms. The van der Waals surface area contributed by atoms with Gasteiger partial charge in [0.25, 0.3) is 0 Å². The van der Waals surface area contributed by atoms with E-state index in [-0.39, 0.29) is 24.0 Å². The fourth-order valence-electron chi connectivity index (χ4n) is 2.50. The van der Waals surface area contributed by atoms with Crippen molar-refractivity contribution in [2.75, 3.05) is 39.3 Å². The van der Waals surface area contributed by atoms with E-state index in [2.05, 4.69) is 34.0 Å². The van der Waals surface area contributed by atoms with Crippen molar-refractivity contribution in [3.8, 4) is 0 Å². The Balaban J connectivity index is 0.00000162. The second-order valence-electron chi connectivity index (χ2n) is 5.17. The molecule has 3 rings (SSSR count). The molecule has 3 aliphatic heterocycles. The SMILES string of the molecule is CCC(C)NC(N)=NCC1CN2CCN1CC2.I. The summed E-state index contributed by atoms with van der Waals surface area (Å²) in [4.78, 5) is 9.54. The molecule has 18 heavy (non-hydrogen) atoms. The first-order valence-electron chi connectivity index (χ1n) is 6.72. The van der Waals surface area contributed by atoms with Crippen LogP contribution in [-0.4, -0.2) is 67.1 Å². The van der Waals surface area contributed by atoms with E-state index in [4.69, 9.17) is 5.73 Å². The van der Waals surface area contributed by atoms with Crippen molar-refractivity contribution in [2.45, 2.75) is 32.4 Å². The van der Waals surface area contributed by atoms with Crippen molar-refractivity contribution in [1.82, 2.24) is 15.1 Å². The molecule has 0 aromatic carbocycles. The lowest BCUT2D eigenvalue weighted by Crippen LogP contribution is -2.62. The van der Waals surface area contributed by atoms with Gasteiger partial charge in [-0.2, -0.15) is 0 Å². The highest BCUT2D eigenvalue weighted by Gasteiger charge is 2.31. The van der Waals surface area contributed by atoms with Gasteiger partial charge in [0, 0.05) is 44.8 Å². The van der Waals surface area contributed by atoms with Gasteiger partial charge in [-0.3, -0.25) is 14.8 Å². The molecule has 0 amide bonds. The molecule has 6 heteroatoms. The summed E-state index contributed by atoms with van der Waals surface area (Å²) in [5.41, 5.74) is 5.87. The fraction of sp³-hybridized carbons (Fsp3) is 0.917. The topological polar surface area (TPSA) is 56.9 Å². The normalized spacial score (nSPS) is 32.8. The first kappa shape index (κ1) is 16.0. The van der Waals surface area contributed by atoms with E-state index in [1.165, 1.54) is 26.2 Å². The fourth-order valence-corrected chi connectivity index (χ4v) is 2.50. The first-order valence-corrected chi connectivity index (χ1v) is 6.72. The molecule has 2 atom stereocenters. The minimum absolute atomic E-state index is 0. The summed E-state index contributed by atoms with van der Waals surface area (Å²) in [5, 5.41) is 3.21. The molecule has 0 spiro atoms. The Morgan fingerprint density at radius 2 is 2.06 bits per heavy atom. The van der Waals surface area contributed by atoms with Gasteiger partial charge in [-0.15, -0.1) is 24.0 Å². The van der Waals surface area contributed by atoms with Crippen LogP contribution in [0.5, 0.6) is 0 Å². The molecular formula is C12H26IN5. The molecule has 0 saturated carbocycles. The average molecular weight is 367 g/mol. The van der Waals surface area contributed by atoms with Gasteiger partial charge >= 0.3 is 0 Å². The molecule has 0 aromatic heterocycles. The van der Waals surface area contributed by atoms with E-state index in [1.807, 2.05) is 0 Å². The van der Waals surface area contributed by atoms with Crippen LogP contribution in [0.15, 0.2) is 4.99 Å². The third-order valence-electron chi connectivity index (χ3n) is 3.87. The quantitative estimate of drug-likeness (QED) is 0.427. The number of nitrogens with one attached hydrogen (secondary N) is 1. The van der Waals surface area contributed by atoms with E-state index in [1.54, 1.807) is 0 Å². The average Bonchev–Trinajstić information content (AvgIpc) is 2.37. The maximum Gasteiger partial charge on any atom is 0.188 e. The van der Waals surface area contributed by atoms with Gasteiger partial charge in [-0.1, -0.05) is 6.92 Å². The van der Waals surface area contributed by atoms with Gasteiger partial charge in [-0.25, -0.2) is 0 Å². The summed E-state index contributed by atoms with van der Waals surface area (Å²) in [5.74, 6) is 0.594. The van der Waals surface area contributed by atoms with Crippen molar-refractivity contribution < 1.29 is 0 Å². The van der Waals surface area contributed by atoms with E-state index in [0.717, 1.165) is 19.5 Å². The summed E-state index contributed by atoms with van der Waals surface area (Å²) >= 11 is 0. The maximum atomic E-state index is 5.87. The van der Waals surface area contributed by atoms with Crippen LogP contribution in [-0.2, 0) is 0 Å². The van der Waals surface area contributed by atoms with Crippen molar-refractivity contribution >= 4 is 29.9 Å². The Labute approximate surface area is 127 Å². The summed E-state index contributed by atoms with van der Waals surface area (Å²) in [6.45, 7) is 11.1. The zero-order chi connectivity index (χ0) is 12.3. The number of piperazine rings is 3. The van der Waals surface area contributed by atoms with E-state index < -0.39 is 0 Å². The molecule has 0 aliphatic carbocycles. The predicted molar refractivity (Wildman–Crippen MR) is 86.6 cm³/mol. The van der Waals surface area contributed by atoms with Crippen LogP contribution in [0.2, 0.25) is 0 Å². The Hall–Kier alpha value is -0.0800. The summed E-state index contributed by atoms with van der Waals surface area (Å²) < 4.78 is 0. The molecule has 0 aromatic rings. The molecule has 3 heterocycles. The van der Waals surface area contributed by atoms with Crippen LogP contribution >= 0.6 is 24.0 Å². The maximum absolute atomic E-state index is 5.87. The molecular weight excluding hydrogens is 341 g/mol. The lowest BCUT2D eigenvalue weighted by Gasteiger charge is -2.47. The monoisotopic (exact) mass is 367 g/mol. The molecule has 106 valence electrons. The lowest BCUT2D eigenvalue weighted by atomic mass is 10.1. The molecule has 3 N–H and O–H groups in total. The third kappa shape index (κ3) is 4.24. The molecule has 3 aliphatic rings. The summed E-state index contributed by atoms with van der Waals surface area (Å²) in [7, 11) is 0. The molecule has 0 radical (unpaired) electrons. The number of hydrogen-bond donors (Lipinski definition) is 2. The molecule has 5 nitrogen and oxygen atoms in total. The van der Waals surface area contributed by atoms with Crippen molar-refractivity contribution in [1.29, 1.82) is 0 Å². The number of halogens is 1. The number of aliphatic imine (C=N–C) groups is 1. The Kier molecular flexibility index (Phi) is 6.65. The van der Waals surface area contributed by atoms with Crippen LogP contribution in [0, 0.1) is 0 Å². The lowest BCUT2D eigenvalue weighted by molar-refractivity contribution is 0.0174. The Morgan fingerprint density at radius 1 is 1.39 bits per heavy atom. The third-order valence-corrected chi connectivity index (χ3v) is 3.87. The predicted octanol–water partition coefficient (Wildman–Crippen LogP) is 0.307. The smallest absolute Gasteiger partial charge is 0.188 e. The summed E-state index contributed by atoms with van der Waals surface area (Å²) in [6.07, 6.45) is 1.07. The van der Waals surface area contributed by atoms with E-state index in [9.17, 15) is 0 Å². The van der Waals surface area contributed by atoms with Crippen LogP contribution in [0.25, 0.3) is 0 Å². The van der Waals surface area contributed by atoms with Crippen LogP contribution < -0.4 is 11.1 Å².